The topological polar surface area (TPSA) is 33.1 Å². The molecule has 2 nitrogen and oxygen atoms in total. The SMILES string of the molecule is OCc1ccc(Cl)c(F)n1. The van der Waals surface area contributed by atoms with E-state index in [1.807, 2.05) is 0 Å². The van der Waals surface area contributed by atoms with Gasteiger partial charge in [-0.15, -0.1) is 0 Å². The lowest BCUT2D eigenvalue weighted by molar-refractivity contribution is 0.275. The highest BCUT2D eigenvalue weighted by Crippen LogP contribution is 2.11. The standard InChI is InChI=1S/C6H5ClFNO/c7-5-2-1-4(3-10)9-6(5)8/h1-2,10H,3H2. The molecule has 1 aromatic rings. The maximum absolute atomic E-state index is 12.4. The van der Waals surface area contributed by atoms with Crippen LogP contribution in [0.15, 0.2) is 12.1 Å². The van der Waals surface area contributed by atoms with Gasteiger partial charge in [-0.1, -0.05) is 11.6 Å². The van der Waals surface area contributed by atoms with E-state index in [0.29, 0.717) is 0 Å². The van der Waals surface area contributed by atoms with Crippen LogP contribution in [0.5, 0.6) is 0 Å². The summed E-state index contributed by atoms with van der Waals surface area (Å²) < 4.78 is 12.4. The van der Waals surface area contributed by atoms with Gasteiger partial charge in [-0.05, 0) is 12.1 Å². The molecule has 0 amide bonds. The second-order valence-corrected chi connectivity index (χ2v) is 2.14. The third-order valence-corrected chi connectivity index (χ3v) is 1.30. The molecule has 0 saturated heterocycles. The molecule has 54 valence electrons. The molecule has 0 atom stereocenters. The van der Waals surface area contributed by atoms with E-state index in [-0.39, 0.29) is 17.3 Å². The Morgan fingerprint density at radius 2 is 2.30 bits per heavy atom. The molecule has 0 bridgehead atoms. The van der Waals surface area contributed by atoms with Gasteiger partial charge in [0.05, 0.1) is 17.3 Å². The minimum atomic E-state index is -0.742. The smallest absolute Gasteiger partial charge is 0.231 e. The van der Waals surface area contributed by atoms with Gasteiger partial charge in [0, 0.05) is 0 Å². The average Bonchev–Trinajstić information content (AvgIpc) is 1.95. The van der Waals surface area contributed by atoms with Crippen LogP contribution in [-0.4, -0.2) is 10.1 Å². The number of nitrogens with zero attached hydrogens (tertiary/aromatic N) is 1. The highest BCUT2D eigenvalue weighted by Gasteiger charge is 2.00. The Balaban J connectivity index is 3.04. The lowest BCUT2D eigenvalue weighted by Gasteiger charge is -1.95. The van der Waals surface area contributed by atoms with Crippen molar-refractivity contribution < 1.29 is 9.50 Å². The second-order valence-electron chi connectivity index (χ2n) is 1.73. The van der Waals surface area contributed by atoms with Gasteiger partial charge in [-0.3, -0.25) is 0 Å². The molecular weight excluding hydrogens is 157 g/mol. The van der Waals surface area contributed by atoms with Gasteiger partial charge < -0.3 is 5.11 Å². The maximum Gasteiger partial charge on any atom is 0.231 e. The van der Waals surface area contributed by atoms with Crippen molar-refractivity contribution in [1.29, 1.82) is 0 Å². The van der Waals surface area contributed by atoms with E-state index in [1.165, 1.54) is 12.1 Å². The van der Waals surface area contributed by atoms with Gasteiger partial charge >= 0.3 is 0 Å². The summed E-state index contributed by atoms with van der Waals surface area (Å²) in [5, 5.41) is 8.45. The third-order valence-electron chi connectivity index (χ3n) is 1.02. The Hall–Kier alpha value is -0.670. The van der Waals surface area contributed by atoms with Crippen molar-refractivity contribution in [3.05, 3.63) is 28.8 Å². The van der Waals surface area contributed by atoms with Crippen molar-refractivity contribution in [2.75, 3.05) is 0 Å². The Kier molecular flexibility index (Phi) is 2.19. The first kappa shape index (κ1) is 7.44. The summed E-state index contributed by atoms with van der Waals surface area (Å²) in [7, 11) is 0. The van der Waals surface area contributed by atoms with Crippen molar-refractivity contribution in [2.45, 2.75) is 6.61 Å². The zero-order chi connectivity index (χ0) is 7.56. The number of pyridine rings is 1. The largest absolute Gasteiger partial charge is 0.390 e. The summed E-state index contributed by atoms with van der Waals surface area (Å²) in [5.41, 5.74) is 0.280. The molecule has 0 aromatic carbocycles. The molecule has 0 saturated carbocycles. The zero-order valence-corrected chi connectivity index (χ0v) is 5.77. The van der Waals surface area contributed by atoms with E-state index in [0.717, 1.165) is 0 Å². The lowest BCUT2D eigenvalue weighted by atomic mass is 10.4. The third kappa shape index (κ3) is 1.43. The zero-order valence-electron chi connectivity index (χ0n) is 5.01. The van der Waals surface area contributed by atoms with Gasteiger partial charge in [-0.25, -0.2) is 4.98 Å². The Morgan fingerprint density at radius 1 is 1.60 bits per heavy atom. The van der Waals surface area contributed by atoms with Gasteiger partial charge in [-0.2, -0.15) is 4.39 Å². The molecule has 1 heterocycles. The molecule has 0 aliphatic heterocycles. The number of hydrogen-bond donors (Lipinski definition) is 1. The van der Waals surface area contributed by atoms with Crippen LogP contribution in [0.1, 0.15) is 5.69 Å². The van der Waals surface area contributed by atoms with Crippen LogP contribution in [0.4, 0.5) is 4.39 Å². The molecule has 0 radical (unpaired) electrons. The van der Waals surface area contributed by atoms with Crippen LogP contribution in [0.2, 0.25) is 5.02 Å². The molecular formula is C6H5ClFNO. The molecule has 0 unspecified atom stereocenters. The number of halogens is 2. The number of aromatic nitrogens is 1. The fourth-order valence-electron chi connectivity index (χ4n) is 0.543. The Morgan fingerprint density at radius 3 is 2.80 bits per heavy atom. The molecule has 0 aliphatic rings. The minimum Gasteiger partial charge on any atom is -0.390 e. The maximum atomic E-state index is 12.4. The number of aliphatic hydroxyl groups is 1. The molecule has 0 fully saturated rings. The number of rotatable bonds is 1. The van der Waals surface area contributed by atoms with Gasteiger partial charge in [0.25, 0.3) is 0 Å². The fourth-order valence-corrected chi connectivity index (χ4v) is 0.648. The van der Waals surface area contributed by atoms with E-state index in [4.69, 9.17) is 16.7 Å². The van der Waals surface area contributed by atoms with Crippen molar-refractivity contribution in [2.24, 2.45) is 0 Å². The molecule has 1 aromatic heterocycles. The van der Waals surface area contributed by atoms with E-state index >= 15 is 0 Å². The van der Waals surface area contributed by atoms with Crippen LogP contribution in [0.3, 0.4) is 0 Å². The Bertz CT molecular complexity index is 241. The van der Waals surface area contributed by atoms with Crippen LogP contribution in [0, 0.1) is 5.95 Å². The highest BCUT2D eigenvalue weighted by molar-refractivity contribution is 6.30. The highest BCUT2D eigenvalue weighted by atomic mass is 35.5. The quantitative estimate of drug-likeness (QED) is 0.631. The fraction of sp³-hybridized carbons (Fsp3) is 0.167. The predicted octanol–water partition coefficient (Wildman–Crippen LogP) is 1.37. The summed E-state index contributed by atoms with van der Waals surface area (Å²) in [5.74, 6) is -0.742. The minimum absolute atomic E-state index is 0.0304. The first-order valence-corrected chi connectivity index (χ1v) is 3.03. The summed E-state index contributed by atoms with van der Waals surface area (Å²) in [6, 6.07) is 2.82. The van der Waals surface area contributed by atoms with E-state index < -0.39 is 5.95 Å². The van der Waals surface area contributed by atoms with E-state index in [2.05, 4.69) is 4.98 Å². The average molecular weight is 162 g/mol. The molecule has 1 rings (SSSR count). The van der Waals surface area contributed by atoms with Gasteiger partial charge in [0.2, 0.25) is 5.95 Å². The molecule has 0 aliphatic carbocycles. The summed E-state index contributed by atoms with van der Waals surface area (Å²) in [6.07, 6.45) is 0. The van der Waals surface area contributed by atoms with Crippen molar-refractivity contribution in [3.8, 4) is 0 Å². The number of hydrogen-bond acceptors (Lipinski definition) is 2. The van der Waals surface area contributed by atoms with Gasteiger partial charge in [0.15, 0.2) is 0 Å². The van der Waals surface area contributed by atoms with Crippen molar-refractivity contribution in [1.82, 2.24) is 4.98 Å². The molecule has 10 heavy (non-hydrogen) atoms. The molecule has 0 spiro atoms. The summed E-state index contributed by atoms with van der Waals surface area (Å²) >= 11 is 5.32. The molecule has 1 N–H and O–H groups in total. The van der Waals surface area contributed by atoms with Crippen LogP contribution < -0.4 is 0 Å². The van der Waals surface area contributed by atoms with Crippen LogP contribution in [-0.2, 0) is 6.61 Å². The summed E-state index contributed by atoms with van der Waals surface area (Å²) in [4.78, 5) is 3.34. The van der Waals surface area contributed by atoms with Crippen LogP contribution >= 0.6 is 11.6 Å². The van der Waals surface area contributed by atoms with Crippen LogP contribution in [0.25, 0.3) is 0 Å². The predicted molar refractivity (Wildman–Crippen MR) is 35.1 cm³/mol. The first-order chi connectivity index (χ1) is 4.74. The number of aliphatic hydroxyl groups excluding tert-OH is 1. The first-order valence-electron chi connectivity index (χ1n) is 2.66. The molecule has 4 heteroatoms. The van der Waals surface area contributed by atoms with Crippen molar-refractivity contribution in [3.63, 3.8) is 0 Å². The Labute approximate surface area is 62.3 Å². The van der Waals surface area contributed by atoms with Crippen molar-refractivity contribution >= 4 is 11.6 Å². The normalized spacial score (nSPS) is 9.90. The second kappa shape index (κ2) is 2.94. The monoisotopic (exact) mass is 161 g/mol. The van der Waals surface area contributed by atoms with Gasteiger partial charge in [0.1, 0.15) is 0 Å². The van der Waals surface area contributed by atoms with E-state index in [9.17, 15) is 4.39 Å². The van der Waals surface area contributed by atoms with E-state index in [1.54, 1.807) is 0 Å². The lowest BCUT2D eigenvalue weighted by Crippen LogP contribution is -1.91. The summed E-state index contributed by atoms with van der Waals surface area (Å²) in [6.45, 7) is -0.270.